The molecule has 4 saturated heterocycles. The molecular formula is C55H98N4O33S2. The van der Waals surface area contributed by atoms with E-state index in [1.54, 1.807) is 4.72 Å². The van der Waals surface area contributed by atoms with Crippen molar-refractivity contribution in [3.63, 3.8) is 0 Å². The highest BCUT2D eigenvalue weighted by Gasteiger charge is 2.56. The molecule has 37 nitrogen and oxygen atoms in total. The van der Waals surface area contributed by atoms with E-state index in [9.17, 15) is 95.9 Å². The topological polar surface area (TPSA) is 544 Å². The van der Waals surface area contributed by atoms with Gasteiger partial charge in [-0.25, -0.2) is 13.8 Å². The van der Waals surface area contributed by atoms with E-state index in [-0.39, 0.29) is 50.4 Å². The van der Waals surface area contributed by atoms with Crippen LogP contribution in [0.2, 0.25) is 0 Å². The van der Waals surface area contributed by atoms with Gasteiger partial charge in [-0.3, -0.25) is 23.5 Å². The lowest BCUT2D eigenvalue weighted by Gasteiger charge is -2.48. The maximum Gasteiger partial charge on any atom is 0.397 e. The van der Waals surface area contributed by atoms with Gasteiger partial charge in [-0.2, -0.15) is 21.6 Å². The number of carbonyl (C=O) groups is 5. The highest BCUT2D eigenvalue weighted by Crippen LogP contribution is 2.35. The summed E-state index contributed by atoms with van der Waals surface area (Å²) in [6.45, 7) is 6.48. The molecule has 94 heavy (non-hydrogen) atoms. The van der Waals surface area contributed by atoms with Gasteiger partial charge in [-0.1, -0.05) is 52.4 Å². The standard InChI is InChI=1S/C55H98N4O33S2/c1-3-5-21-80-23-16-36(62)56-18-12-8-6-7-11-15-35(61)58-20-25-82-27-29-83-28-26-81-24-17-37(63)57-19-13-9-10-14-22-84-54-44(68)42(66)47(49(91-54)51(70)71)88-38-30-32(60)46(34(86-38)31-85-94(77,78)79)89-55-45(69)43(67)48(50(92-55)52(72)73)90-53-39(59-93(74,75)76)41(65)40(64)33(4-2)87-53/h32-34,38-50,53-55,59-60,64-69H,3-31H2,1-2H3,(H,56,62)(H,57,63)(H,58,61)(H,70,71)(H,72,73)(H,74,75,76)(H,77,78,79). The first-order valence-electron chi connectivity index (χ1n) is 31.6. The van der Waals surface area contributed by atoms with Crippen molar-refractivity contribution < 1.29 is 157 Å². The van der Waals surface area contributed by atoms with E-state index in [2.05, 4.69) is 27.1 Å². The Balaban J connectivity index is 1.09. The molecule has 4 aliphatic heterocycles. The van der Waals surface area contributed by atoms with Gasteiger partial charge in [-0.05, 0) is 38.5 Å². The summed E-state index contributed by atoms with van der Waals surface area (Å²) in [6.07, 6.45) is -27.5. The SMILES string of the molecule is CCCCOCCC(=O)NCCCCCCCC(=O)NCCOCCOCCOCCC(=O)NCCCCCCOC1OC(C(=O)O)C(OC2CC(O)C(OC3OC(C(=O)O)C(OC4OC(CC)C(O)C(O)C4NS(=O)(=O)O)C(O)C3O)C(COS(=O)(=O)O)O2)C(O)C1O. The second-order valence-electron chi connectivity index (χ2n) is 22.6. The van der Waals surface area contributed by atoms with E-state index in [1.165, 1.54) is 6.92 Å². The number of rotatable bonds is 48. The third-order valence-corrected chi connectivity index (χ3v) is 16.2. The number of unbranched alkanes of at least 4 members (excludes halogenated alkanes) is 8. The van der Waals surface area contributed by atoms with Gasteiger partial charge in [0.25, 0.3) is 0 Å². The average molecular weight is 1410 g/mol. The number of hydrogen-bond donors (Lipinski definition) is 15. The van der Waals surface area contributed by atoms with Gasteiger partial charge in [-0.15, -0.1) is 0 Å². The van der Waals surface area contributed by atoms with E-state index in [0.29, 0.717) is 97.8 Å². The second kappa shape index (κ2) is 43.7. The van der Waals surface area contributed by atoms with Crippen LogP contribution in [-0.2, 0) is 106 Å². The minimum Gasteiger partial charge on any atom is -0.479 e. The van der Waals surface area contributed by atoms with Crippen molar-refractivity contribution in [2.24, 2.45) is 0 Å². The second-order valence-corrected chi connectivity index (χ2v) is 24.9. The predicted molar refractivity (Wildman–Crippen MR) is 316 cm³/mol. The molecule has 19 atom stereocenters. The van der Waals surface area contributed by atoms with Crippen LogP contribution in [0.25, 0.3) is 0 Å². The van der Waals surface area contributed by atoms with Crippen LogP contribution in [0, 0.1) is 0 Å². The summed E-state index contributed by atoms with van der Waals surface area (Å²) in [6, 6.07) is -2.05. The number of aliphatic hydroxyl groups excluding tert-OH is 7. The molecule has 4 heterocycles. The molecule has 0 aromatic carbocycles. The Labute approximate surface area is 545 Å². The lowest BCUT2D eigenvalue weighted by Crippen LogP contribution is -2.68. The van der Waals surface area contributed by atoms with Gasteiger partial charge in [0.2, 0.25) is 17.7 Å². The van der Waals surface area contributed by atoms with Crippen molar-refractivity contribution in [3.05, 3.63) is 0 Å². The van der Waals surface area contributed by atoms with Crippen molar-refractivity contribution >= 4 is 50.4 Å². The minimum absolute atomic E-state index is 0.00271. The lowest BCUT2D eigenvalue weighted by molar-refractivity contribution is -0.367. The van der Waals surface area contributed by atoms with Gasteiger partial charge in [0, 0.05) is 58.5 Å². The summed E-state index contributed by atoms with van der Waals surface area (Å²) in [4.78, 5) is 61.2. The van der Waals surface area contributed by atoms with Crippen molar-refractivity contribution in [2.75, 3.05) is 85.7 Å². The Hall–Kier alpha value is -3.67. The quantitative estimate of drug-likeness (QED) is 0.0204. The highest BCUT2D eigenvalue weighted by atomic mass is 32.3. The van der Waals surface area contributed by atoms with Gasteiger partial charge in [0.05, 0.1) is 65.1 Å². The first kappa shape index (κ1) is 82.8. The Morgan fingerprint density at radius 1 is 0.468 bits per heavy atom. The molecule has 15 N–H and O–H groups in total. The van der Waals surface area contributed by atoms with Gasteiger partial charge >= 0.3 is 32.6 Å². The zero-order chi connectivity index (χ0) is 69.4. The van der Waals surface area contributed by atoms with E-state index < -0.39 is 162 Å². The number of carboxylic acids is 2. The van der Waals surface area contributed by atoms with Gasteiger partial charge in [0.1, 0.15) is 67.1 Å². The minimum atomic E-state index is -5.31. The molecule has 0 bridgehead atoms. The Morgan fingerprint density at radius 3 is 1.54 bits per heavy atom. The van der Waals surface area contributed by atoms with E-state index in [1.807, 2.05) is 0 Å². The van der Waals surface area contributed by atoms with Crippen LogP contribution >= 0.6 is 0 Å². The lowest BCUT2D eigenvalue weighted by atomic mass is 9.94. The molecule has 4 aliphatic rings. The molecular weight excluding hydrogens is 1310 g/mol. The first-order chi connectivity index (χ1) is 44.7. The summed E-state index contributed by atoms with van der Waals surface area (Å²) in [7, 11) is -10.5. The molecule has 0 spiro atoms. The third kappa shape index (κ3) is 30.2. The van der Waals surface area contributed by atoms with Gasteiger partial charge in [0.15, 0.2) is 37.4 Å². The molecule has 0 aromatic heterocycles. The van der Waals surface area contributed by atoms with Crippen molar-refractivity contribution in [3.8, 4) is 0 Å². The number of ether oxygens (including phenoxy) is 12. The fraction of sp³-hybridized carbons (Fsp3) is 0.909. The first-order valence-corrected chi connectivity index (χ1v) is 34.4. The van der Waals surface area contributed by atoms with Crippen LogP contribution in [0.4, 0.5) is 0 Å². The molecule has 39 heteroatoms. The largest absolute Gasteiger partial charge is 0.479 e. The van der Waals surface area contributed by atoms with Crippen LogP contribution in [0.1, 0.15) is 117 Å². The number of carboxylic acid groups (broad SMARTS) is 2. The zero-order valence-corrected chi connectivity index (χ0v) is 54.3. The molecule has 0 aromatic rings. The fourth-order valence-corrected chi connectivity index (χ4v) is 11.1. The maximum atomic E-state index is 12.5. The van der Waals surface area contributed by atoms with E-state index in [4.69, 9.17) is 56.8 Å². The van der Waals surface area contributed by atoms with E-state index in [0.717, 1.165) is 44.9 Å². The highest BCUT2D eigenvalue weighted by molar-refractivity contribution is 7.83. The van der Waals surface area contributed by atoms with Crippen molar-refractivity contribution in [1.29, 1.82) is 0 Å². The number of hydrogen-bond acceptors (Lipinski definition) is 29. The third-order valence-electron chi connectivity index (χ3n) is 15.2. The zero-order valence-electron chi connectivity index (χ0n) is 52.7. The van der Waals surface area contributed by atoms with Crippen molar-refractivity contribution in [2.45, 2.75) is 233 Å². The number of aliphatic carboxylic acids is 2. The van der Waals surface area contributed by atoms with Crippen LogP contribution in [0.3, 0.4) is 0 Å². The number of amides is 3. The summed E-state index contributed by atoms with van der Waals surface area (Å²) in [5, 5.41) is 106. The monoisotopic (exact) mass is 1410 g/mol. The fourth-order valence-electron chi connectivity index (χ4n) is 10.2. The molecule has 0 aliphatic carbocycles. The van der Waals surface area contributed by atoms with Crippen molar-refractivity contribution in [1.82, 2.24) is 20.7 Å². The molecule has 0 radical (unpaired) electrons. The summed E-state index contributed by atoms with van der Waals surface area (Å²) < 4.78 is 138. The molecule has 4 rings (SSSR count). The molecule has 4 fully saturated rings. The Kier molecular flexibility index (Phi) is 38.4. The van der Waals surface area contributed by atoms with Crippen LogP contribution in [0.15, 0.2) is 0 Å². The average Bonchev–Trinajstić information content (AvgIpc) is 0.782. The van der Waals surface area contributed by atoms with Gasteiger partial charge < -0.3 is 119 Å². The molecule has 3 amide bonds. The smallest absolute Gasteiger partial charge is 0.397 e. The number of nitrogens with one attached hydrogen (secondary N) is 4. The molecule has 0 saturated carbocycles. The Bertz CT molecular complexity index is 2450. The van der Waals surface area contributed by atoms with Crippen LogP contribution in [0.5, 0.6) is 0 Å². The molecule has 19 unspecified atom stereocenters. The summed E-state index contributed by atoms with van der Waals surface area (Å²) >= 11 is 0. The number of aliphatic hydroxyl groups is 7. The Morgan fingerprint density at radius 2 is 0.968 bits per heavy atom. The number of carbonyl (C=O) groups excluding carboxylic acids is 3. The predicted octanol–water partition coefficient (Wildman–Crippen LogP) is -3.97. The van der Waals surface area contributed by atoms with E-state index >= 15 is 0 Å². The summed E-state index contributed by atoms with van der Waals surface area (Å²) in [5.74, 6) is -3.91. The normalized spacial score (nSPS) is 30.8. The summed E-state index contributed by atoms with van der Waals surface area (Å²) in [5.41, 5.74) is 0. The van der Waals surface area contributed by atoms with Crippen LogP contribution < -0.4 is 20.7 Å². The molecule has 548 valence electrons. The maximum absolute atomic E-state index is 12.5. The van der Waals surface area contributed by atoms with Crippen LogP contribution in [-0.4, -0.2) is 304 Å².